The van der Waals surface area contributed by atoms with Crippen LogP contribution >= 0.6 is 0 Å². The number of ether oxygens (including phenoxy) is 2. The van der Waals surface area contributed by atoms with Gasteiger partial charge in [-0.1, -0.05) is 0 Å². The molecule has 9 nitrogen and oxygen atoms in total. The van der Waals surface area contributed by atoms with Crippen LogP contribution < -0.4 is 19.7 Å². The van der Waals surface area contributed by atoms with E-state index in [2.05, 4.69) is 44.2 Å². The molecule has 2 fully saturated rings. The van der Waals surface area contributed by atoms with Crippen molar-refractivity contribution in [3.05, 3.63) is 65.6 Å². The van der Waals surface area contributed by atoms with Gasteiger partial charge in [0.2, 0.25) is 0 Å². The summed E-state index contributed by atoms with van der Waals surface area (Å²) in [6, 6.07) is 6.07. The molecule has 1 spiro atoms. The first kappa shape index (κ1) is 24.7. The fraction of sp³-hybridized carbons (Fsp3) is 0.429. The number of nitrogens with zero attached hydrogens (tertiary/aromatic N) is 5. The number of carbonyl (C=O) groups is 1. The first-order chi connectivity index (χ1) is 18.4. The Morgan fingerprint density at radius 2 is 2.03 bits per heavy atom. The van der Waals surface area contributed by atoms with Crippen molar-refractivity contribution in [3.8, 4) is 17.2 Å². The highest BCUT2D eigenvalue weighted by Crippen LogP contribution is 2.52. The number of benzene rings is 1. The van der Waals surface area contributed by atoms with Gasteiger partial charge in [0.1, 0.15) is 29.7 Å². The number of rotatable bonds is 8. The van der Waals surface area contributed by atoms with Crippen LogP contribution in [0.15, 0.2) is 43.0 Å². The van der Waals surface area contributed by atoms with Crippen molar-refractivity contribution in [1.82, 2.24) is 25.2 Å². The molecule has 1 saturated carbocycles. The maximum atomic E-state index is 13.5. The standard InChI is InChI=1S/C28H31FN6O3/c1-34(2)13-22-26-21(5-7-32-22)31-8-6-24(26)37-20-10-28(11-20)15-35(16-28)27-25(12-30-17-33-27)38-23-4-3-19(29)9-18(23)14-36/h3-4,6,8-9,12,14,17,20,22,32H,5,7,10-11,13,15-16H2,1-2H3. The van der Waals surface area contributed by atoms with Crippen LogP contribution in [-0.2, 0) is 6.42 Å². The SMILES string of the molecule is CN(C)CC1NCCc2nccc(OC3CC4(C3)CN(c3ncncc3Oc3ccc(F)cc3C=O)C4)c21. The molecule has 198 valence electrons. The summed E-state index contributed by atoms with van der Waals surface area (Å²) in [5.41, 5.74) is 2.65. The Labute approximate surface area is 221 Å². The molecule has 6 rings (SSSR count). The van der Waals surface area contributed by atoms with Gasteiger partial charge in [-0.3, -0.25) is 9.78 Å². The predicted octanol–water partition coefficient (Wildman–Crippen LogP) is 3.41. The second-order valence-corrected chi connectivity index (χ2v) is 10.8. The molecule has 1 saturated heterocycles. The highest BCUT2D eigenvalue weighted by Gasteiger charge is 2.54. The average Bonchev–Trinajstić information content (AvgIpc) is 2.86. The van der Waals surface area contributed by atoms with Crippen LogP contribution in [-0.4, -0.2) is 72.5 Å². The van der Waals surface area contributed by atoms with Gasteiger partial charge < -0.3 is 24.6 Å². The van der Waals surface area contributed by atoms with E-state index < -0.39 is 5.82 Å². The molecule has 10 heteroatoms. The summed E-state index contributed by atoms with van der Waals surface area (Å²) in [6.45, 7) is 3.50. The Bertz CT molecular complexity index is 1340. The van der Waals surface area contributed by atoms with Crippen molar-refractivity contribution in [2.24, 2.45) is 5.41 Å². The monoisotopic (exact) mass is 518 g/mol. The maximum Gasteiger partial charge on any atom is 0.188 e. The van der Waals surface area contributed by atoms with Gasteiger partial charge in [-0.05, 0) is 51.2 Å². The molecule has 2 aliphatic heterocycles. The number of carbonyl (C=O) groups excluding carboxylic acids is 1. The van der Waals surface area contributed by atoms with E-state index in [0.29, 0.717) is 17.9 Å². The van der Waals surface area contributed by atoms with E-state index in [1.54, 1.807) is 6.20 Å². The van der Waals surface area contributed by atoms with Crippen molar-refractivity contribution in [1.29, 1.82) is 0 Å². The number of likely N-dealkylation sites (N-methyl/N-ethyl adjacent to an activating group) is 1. The fourth-order valence-electron chi connectivity index (χ4n) is 5.94. The smallest absolute Gasteiger partial charge is 0.188 e. The summed E-state index contributed by atoms with van der Waals surface area (Å²) in [6.07, 6.45) is 8.52. The molecular formula is C28H31FN6O3. The van der Waals surface area contributed by atoms with Crippen LogP contribution in [0.1, 0.15) is 40.5 Å². The Kier molecular flexibility index (Phi) is 6.45. The van der Waals surface area contributed by atoms with Crippen molar-refractivity contribution in [2.75, 3.05) is 45.2 Å². The molecule has 1 unspecified atom stereocenters. The Morgan fingerprint density at radius 1 is 1.18 bits per heavy atom. The summed E-state index contributed by atoms with van der Waals surface area (Å²) in [5, 5.41) is 3.62. The van der Waals surface area contributed by atoms with Gasteiger partial charge in [0.05, 0.1) is 23.5 Å². The molecule has 0 bridgehead atoms. The zero-order chi connectivity index (χ0) is 26.3. The molecule has 0 radical (unpaired) electrons. The summed E-state index contributed by atoms with van der Waals surface area (Å²) < 4.78 is 26.0. The van der Waals surface area contributed by atoms with Crippen LogP contribution in [0.3, 0.4) is 0 Å². The summed E-state index contributed by atoms with van der Waals surface area (Å²) in [5.74, 6) is 1.82. The molecule has 1 atom stereocenters. The molecule has 3 aromatic rings. The zero-order valence-corrected chi connectivity index (χ0v) is 21.6. The number of anilines is 1. The lowest BCUT2D eigenvalue weighted by molar-refractivity contribution is -0.0352. The van der Waals surface area contributed by atoms with E-state index in [9.17, 15) is 9.18 Å². The van der Waals surface area contributed by atoms with Crippen LogP contribution in [0, 0.1) is 11.2 Å². The van der Waals surface area contributed by atoms with Crippen molar-refractivity contribution < 1.29 is 18.7 Å². The number of hydrogen-bond donors (Lipinski definition) is 1. The number of nitrogens with one attached hydrogen (secondary N) is 1. The first-order valence-electron chi connectivity index (χ1n) is 12.9. The first-order valence-corrected chi connectivity index (χ1v) is 12.9. The lowest BCUT2D eigenvalue weighted by Crippen LogP contribution is -2.65. The molecule has 2 aromatic heterocycles. The second-order valence-electron chi connectivity index (χ2n) is 10.8. The van der Waals surface area contributed by atoms with Gasteiger partial charge in [0, 0.05) is 49.8 Å². The van der Waals surface area contributed by atoms with Crippen molar-refractivity contribution >= 4 is 12.1 Å². The Hall–Kier alpha value is -3.63. The molecular weight excluding hydrogens is 487 g/mol. The van der Waals surface area contributed by atoms with E-state index in [-0.39, 0.29) is 28.9 Å². The number of halogens is 1. The number of fused-ring (bicyclic) bond motifs is 1. The summed E-state index contributed by atoms with van der Waals surface area (Å²) in [7, 11) is 4.17. The molecule has 1 N–H and O–H groups in total. The highest BCUT2D eigenvalue weighted by molar-refractivity contribution is 5.79. The van der Waals surface area contributed by atoms with Gasteiger partial charge in [0.15, 0.2) is 17.9 Å². The average molecular weight is 519 g/mol. The highest BCUT2D eigenvalue weighted by atomic mass is 19.1. The minimum absolute atomic E-state index is 0.139. The molecule has 1 aromatic carbocycles. The minimum atomic E-state index is -0.493. The van der Waals surface area contributed by atoms with E-state index >= 15 is 0 Å². The third-order valence-electron chi connectivity index (χ3n) is 7.63. The fourth-order valence-corrected chi connectivity index (χ4v) is 5.94. The Morgan fingerprint density at radius 3 is 2.82 bits per heavy atom. The van der Waals surface area contributed by atoms with E-state index in [0.717, 1.165) is 63.0 Å². The third-order valence-corrected chi connectivity index (χ3v) is 7.63. The van der Waals surface area contributed by atoms with Crippen molar-refractivity contribution in [2.45, 2.75) is 31.4 Å². The Balaban J connectivity index is 1.10. The van der Waals surface area contributed by atoms with E-state index in [1.165, 1.54) is 24.0 Å². The third kappa shape index (κ3) is 4.69. The lowest BCUT2D eigenvalue weighted by atomic mass is 9.61. The van der Waals surface area contributed by atoms with Crippen molar-refractivity contribution in [3.63, 3.8) is 0 Å². The number of aromatic nitrogens is 3. The topological polar surface area (TPSA) is 92.7 Å². The van der Waals surface area contributed by atoms with Crippen LogP contribution in [0.4, 0.5) is 10.2 Å². The molecule has 0 amide bonds. The number of hydrogen-bond acceptors (Lipinski definition) is 9. The summed E-state index contributed by atoms with van der Waals surface area (Å²) >= 11 is 0. The second kappa shape index (κ2) is 9.92. The van der Waals surface area contributed by atoms with Gasteiger partial charge in [-0.25, -0.2) is 14.4 Å². The van der Waals surface area contributed by atoms with Gasteiger partial charge in [0.25, 0.3) is 0 Å². The quantitative estimate of drug-likeness (QED) is 0.451. The molecule has 3 aliphatic rings. The molecule has 1 aliphatic carbocycles. The van der Waals surface area contributed by atoms with Crippen LogP contribution in [0.5, 0.6) is 17.2 Å². The van der Waals surface area contributed by atoms with Gasteiger partial charge in [-0.15, -0.1) is 0 Å². The van der Waals surface area contributed by atoms with Crippen LogP contribution in [0.25, 0.3) is 0 Å². The lowest BCUT2D eigenvalue weighted by Gasteiger charge is -2.59. The van der Waals surface area contributed by atoms with Gasteiger partial charge in [-0.2, -0.15) is 0 Å². The van der Waals surface area contributed by atoms with E-state index in [4.69, 9.17) is 9.47 Å². The predicted molar refractivity (Wildman–Crippen MR) is 139 cm³/mol. The largest absolute Gasteiger partial charge is 0.490 e. The number of aldehydes is 1. The number of pyridine rings is 1. The maximum absolute atomic E-state index is 13.5. The van der Waals surface area contributed by atoms with E-state index in [1.807, 2.05) is 12.3 Å². The van der Waals surface area contributed by atoms with Crippen LogP contribution in [0.2, 0.25) is 0 Å². The zero-order valence-electron chi connectivity index (χ0n) is 21.6. The van der Waals surface area contributed by atoms with Gasteiger partial charge >= 0.3 is 0 Å². The molecule has 38 heavy (non-hydrogen) atoms. The molecule has 4 heterocycles. The minimum Gasteiger partial charge on any atom is -0.490 e. The summed E-state index contributed by atoms with van der Waals surface area (Å²) in [4.78, 5) is 28.9. The normalized spacial score (nSPS) is 20.0.